The summed E-state index contributed by atoms with van der Waals surface area (Å²) < 4.78 is 4.99. The van der Waals surface area contributed by atoms with Crippen LogP contribution in [0.3, 0.4) is 0 Å². The van der Waals surface area contributed by atoms with E-state index in [0.717, 1.165) is 6.54 Å². The summed E-state index contributed by atoms with van der Waals surface area (Å²) in [5.74, 6) is -0.405. The van der Waals surface area contributed by atoms with Gasteiger partial charge in [-0.25, -0.2) is 0 Å². The summed E-state index contributed by atoms with van der Waals surface area (Å²) in [6.45, 7) is 6.75. The van der Waals surface area contributed by atoms with Gasteiger partial charge in [0.15, 0.2) is 5.75 Å². The van der Waals surface area contributed by atoms with Gasteiger partial charge >= 0.3 is 5.69 Å². The average molecular weight is 323 g/mol. The molecule has 0 heterocycles. The monoisotopic (exact) mass is 323 g/mol. The minimum atomic E-state index is -0.594. The lowest BCUT2D eigenvalue weighted by atomic mass is 9.84. The summed E-state index contributed by atoms with van der Waals surface area (Å²) in [6, 6.07) is 4.30. The van der Waals surface area contributed by atoms with Gasteiger partial charge in [-0.15, -0.1) is 0 Å². The molecule has 0 aliphatic heterocycles. The lowest BCUT2D eigenvalue weighted by Gasteiger charge is -2.34. The maximum absolute atomic E-state index is 12.5. The summed E-state index contributed by atoms with van der Waals surface area (Å²) in [6.07, 6.45) is 0. The number of carbonyl (C=O) groups excluding carboxylic acids is 1. The Balaban J connectivity index is 3.05. The first-order chi connectivity index (χ1) is 10.6. The molecule has 0 fully saturated rings. The maximum Gasteiger partial charge on any atom is 0.323 e. The Morgan fingerprint density at radius 3 is 2.52 bits per heavy atom. The van der Waals surface area contributed by atoms with Gasteiger partial charge in [0.1, 0.15) is 5.56 Å². The number of hydrogen-bond donors (Lipinski definition) is 1. The van der Waals surface area contributed by atoms with Crippen molar-refractivity contribution < 1.29 is 14.5 Å². The van der Waals surface area contributed by atoms with E-state index in [1.54, 1.807) is 6.07 Å². The molecule has 7 nitrogen and oxygen atoms in total. The molecule has 7 heteroatoms. The zero-order valence-corrected chi connectivity index (χ0v) is 14.5. The lowest BCUT2D eigenvalue weighted by Crippen LogP contribution is -2.47. The van der Waals surface area contributed by atoms with E-state index in [2.05, 4.69) is 5.32 Å². The number of para-hydroxylation sites is 1. The van der Waals surface area contributed by atoms with Crippen molar-refractivity contribution in [3.05, 3.63) is 33.9 Å². The molecule has 23 heavy (non-hydrogen) atoms. The van der Waals surface area contributed by atoms with Crippen LogP contribution >= 0.6 is 0 Å². The van der Waals surface area contributed by atoms with Gasteiger partial charge in [-0.3, -0.25) is 14.9 Å². The van der Waals surface area contributed by atoms with Crippen molar-refractivity contribution in [2.45, 2.75) is 26.8 Å². The highest BCUT2D eigenvalue weighted by Crippen LogP contribution is 2.31. The number of benzene rings is 1. The van der Waals surface area contributed by atoms with Gasteiger partial charge in [-0.2, -0.15) is 0 Å². The standard InChI is InChI=1S/C16H25N3O4/c1-11(16(2,3)10-18(4)5)17-15(20)12-8-7-9-13(23-6)14(12)19(21)22/h7-9,11H,10H2,1-6H3,(H,17,20)/t11-/m1/s1. The number of nitrogens with one attached hydrogen (secondary N) is 1. The fraction of sp³-hybridized carbons (Fsp3) is 0.562. The predicted molar refractivity (Wildman–Crippen MR) is 88.9 cm³/mol. The molecule has 1 N–H and O–H groups in total. The Kier molecular flexibility index (Phi) is 6.09. The molecule has 1 aromatic carbocycles. The Labute approximate surface area is 136 Å². The molecule has 1 aromatic rings. The van der Waals surface area contributed by atoms with E-state index in [-0.39, 0.29) is 28.5 Å². The zero-order valence-electron chi connectivity index (χ0n) is 14.5. The van der Waals surface area contributed by atoms with E-state index in [0.29, 0.717) is 0 Å². The van der Waals surface area contributed by atoms with Crippen molar-refractivity contribution in [2.75, 3.05) is 27.7 Å². The highest BCUT2D eigenvalue weighted by atomic mass is 16.6. The molecule has 1 atom stereocenters. The molecular formula is C16H25N3O4. The van der Waals surface area contributed by atoms with Gasteiger partial charge in [0, 0.05) is 12.6 Å². The molecule has 0 unspecified atom stereocenters. The summed E-state index contributed by atoms with van der Waals surface area (Å²) >= 11 is 0. The number of hydrogen-bond acceptors (Lipinski definition) is 5. The number of carbonyl (C=O) groups is 1. The number of nitro benzene ring substituents is 1. The van der Waals surface area contributed by atoms with E-state index in [9.17, 15) is 14.9 Å². The molecule has 0 radical (unpaired) electrons. The Bertz CT molecular complexity index is 585. The van der Waals surface area contributed by atoms with Gasteiger partial charge in [0.05, 0.1) is 12.0 Å². The van der Waals surface area contributed by atoms with Gasteiger partial charge in [0.2, 0.25) is 0 Å². The van der Waals surface area contributed by atoms with Crippen LogP contribution in [0.4, 0.5) is 5.69 Å². The van der Waals surface area contributed by atoms with E-state index in [1.807, 2.05) is 39.8 Å². The third kappa shape index (κ3) is 4.66. The topological polar surface area (TPSA) is 84.7 Å². The Morgan fingerprint density at radius 2 is 2.04 bits per heavy atom. The number of nitro groups is 1. The highest BCUT2D eigenvalue weighted by Gasteiger charge is 2.31. The van der Waals surface area contributed by atoms with Crippen LogP contribution in [0.1, 0.15) is 31.1 Å². The minimum Gasteiger partial charge on any atom is -0.490 e. The van der Waals surface area contributed by atoms with Crippen molar-refractivity contribution in [1.82, 2.24) is 10.2 Å². The quantitative estimate of drug-likeness (QED) is 0.615. The molecule has 0 aromatic heterocycles. The van der Waals surface area contributed by atoms with Crippen molar-refractivity contribution >= 4 is 11.6 Å². The molecule has 0 aliphatic rings. The van der Waals surface area contributed by atoms with Gasteiger partial charge in [-0.05, 0) is 38.6 Å². The smallest absolute Gasteiger partial charge is 0.323 e. The molecular weight excluding hydrogens is 298 g/mol. The van der Waals surface area contributed by atoms with E-state index in [1.165, 1.54) is 19.2 Å². The van der Waals surface area contributed by atoms with Crippen LogP contribution in [0.5, 0.6) is 5.75 Å². The van der Waals surface area contributed by atoms with Crippen LogP contribution in [-0.2, 0) is 0 Å². The highest BCUT2D eigenvalue weighted by molar-refractivity contribution is 5.99. The number of amides is 1. The van der Waals surface area contributed by atoms with Gasteiger partial charge in [-0.1, -0.05) is 19.9 Å². The fourth-order valence-corrected chi connectivity index (χ4v) is 2.48. The number of ether oxygens (including phenoxy) is 1. The summed E-state index contributed by atoms with van der Waals surface area (Å²) in [4.78, 5) is 25.2. The predicted octanol–water partition coefficient (Wildman–Crippen LogP) is 2.31. The van der Waals surface area contributed by atoms with Crippen LogP contribution in [0.25, 0.3) is 0 Å². The Morgan fingerprint density at radius 1 is 1.43 bits per heavy atom. The van der Waals surface area contributed by atoms with Crippen LogP contribution in [0, 0.1) is 15.5 Å². The normalized spacial score (nSPS) is 12.8. The Hall–Kier alpha value is -2.15. The first-order valence-electron chi connectivity index (χ1n) is 7.37. The number of methoxy groups -OCH3 is 1. The molecule has 0 aliphatic carbocycles. The van der Waals surface area contributed by atoms with E-state index >= 15 is 0 Å². The molecule has 0 saturated carbocycles. The molecule has 0 spiro atoms. The average Bonchev–Trinajstić information content (AvgIpc) is 2.44. The van der Waals surface area contributed by atoms with Crippen LogP contribution in [0.2, 0.25) is 0 Å². The van der Waals surface area contributed by atoms with Crippen LogP contribution < -0.4 is 10.1 Å². The van der Waals surface area contributed by atoms with Gasteiger partial charge in [0.25, 0.3) is 5.91 Å². The second-order valence-electron chi connectivity index (χ2n) is 6.54. The van der Waals surface area contributed by atoms with Crippen LogP contribution in [-0.4, -0.2) is 49.5 Å². The first-order valence-corrected chi connectivity index (χ1v) is 7.37. The first kappa shape index (κ1) is 18.9. The molecule has 0 bridgehead atoms. The molecule has 1 rings (SSSR count). The lowest BCUT2D eigenvalue weighted by molar-refractivity contribution is -0.386. The zero-order chi connectivity index (χ0) is 17.8. The van der Waals surface area contributed by atoms with E-state index < -0.39 is 10.8 Å². The van der Waals surface area contributed by atoms with Crippen molar-refractivity contribution in [3.63, 3.8) is 0 Å². The minimum absolute atomic E-state index is 0.00172. The largest absolute Gasteiger partial charge is 0.490 e. The summed E-state index contributed by atoms with van der Waals surface area (Å²) in [5.41, 5.74) is -0.501. The third-order valence-corrected chi connectivity index (χ3v) is 3.89. The fourth-order valence-electron chi connectivity index (χ4n) is 2.48. The number of nitrogens with zero attached hydrogens (tertiary/aromatic N) is 2. The summed E-state index contributed by atoms with van der Waals surface area (Å²) in [5, 5.41) is 14.1. The third-order valence-electron chi connectivity index (χ3n) is 3.89. The second-order valence-corrected chi connectivity index (χ2v) is 6.54. The second kappa shape index (κ2) is 7.41. The molecule has 128 valence electrons. The van der Waals surface area contributed by atoms with Crippen molar-refractivity contribution in [2.24, 2.45) is 5.41 Å². The number of rotatable bonds is 7. The molecule has 1 amide bonds. The molecule has 0 saturated heterocycles. The summed E-state index contributed by atoms with van der Waals surface area (Å²) in [7, 11) is 5.26. The SMILES string of the molecule is COc1cccc(C(=O)N[C@H](C)C(C)(C)CN(C)C)c1[N+](=O)[O-]. The van der Waals surface area contributed by atoms with Gasteiger partial charge < -0.3 is 15.0 Å². The van der Waals surface area contributed by atoms with Crippen molar-refractivity contribution in [3.8, 4) is 5.75 Å². The van der Waals surface area contributed by atoms with E-state index in [4.69, 9.17) is 4.74 Å². The van der Waals surface area contributed by atoms with Crippen molar-refractivity contribution in [1.29, 1.82) is 0 Å². The van der Waals surface area contributed by atoms with Crippen LogP contribution in [0.15, 0.2) is 18.2 Å². The maximum atomic E-state index is 12.5.